The Kier molecular flexibility index (Phi) is 5.73. The zero-order valence-electron chi connectivity index (χ0n) is 15.4. The molecule has 0 radical (unpaired) electrons. The molecule has 2 aromatic carbocycles. The SMILES string of the molecule is Cc1cc(N2CC(C(=O)Nc3cccc(CCC(=O)O)c3)CC2=O)ccc1F. The number of carbonyl (C=O) groups excluding carboxylic acids is 2. The Morgan fingerprint density at radius 1 is 1.25 bits per heavy atom. The van der Waals surface area contributed by atoms with Crippen LogP contribution in [0.15, 0.2) is 42.5 Å². The maximum absolute atomic E-state index is 13.5. The van der Waals surface area contributed by atoms with E-state index in [4.69, 9.17) is 5.11 Å². The fourth-order valence-electron chi connectivity index (χ4n) is 3.23. The molecule has 0 bridgehead atoms. The minimum absolute atomic E-state index is 0.0145. The molecule has 0 aromatic heterocycles. The summed E-state index contributed by atoms with van der Waals surface area (Å²) in [4.78, 5) is 37.1. The molecule has 2 N–H and O–H groups in total. The molecule has 0 aliphatic carbocycles. The van der Waals surface area contributed by atoms with E-state index in [0.717, 1.165) is 5.56 Å². The number of hydrogen-bond donors (Lipinski definition) is 2. The Morgan fingerprint density at radius 2 is 2.04 bits per heavy atom. The number of halogens is 1. The summed E-state index contributed by atoms with van der Waals surface area (Å²) in [6.07, 6.45) is 0.472. The van der Waals surface area contributed by atoms with Crippen LogP contribution in [0.1, 0.15) is 24.0 Å². The van der Waals surface area contributed by atoms with Crippen molar-refractivity contribution in [2.24, 2.45) is 5.92 Å². The van der Waals surface area contributed by atoms with Gasteiger partial charge in [0, 0.05) is 30.8 Å². The zero-order valence-corrected chi connectivity index (χ0v) is 15.4. The molecule has 2 amide bonds. The minimum Gasteiger partial charge on any atom is -0.481 e. The average Bonchev–Trinajstić information content (AvgIpc) is 3.04. The molecule has 0 saturated carbocycles. The van der Waals surface area contributed by atoms with E-state index in [0.29, 0.717) is 23.4 Å². The van der Waals surface area contributed by atoms with Crippen molar-refractivity contribution in [3.63, 3.8) is 0 Å². The molecule has 146 valence electrons. The van der Waals surface area contributed by atoms with Crippen molar-refractivity contribution in [3.05, 3.63) is 59.4 Å². The third-order valence-corrected chi connectivity index (χ3v) is 4.77. The average molecular weight is 384 g/mol. The summed E-state index contributed by atoms with van der Waals surface area (Å²) in [5.41, 5.74) is 2.40. The fraction of sp³-hybridized carbons (Fsp3) is 0.286. The van der Waals surface area contributed by atoms with Crippen LogP contribution in [0.5, 0.6) is 0 Å². The number of aryl methyl sites for hydroxylation is 2. The molecule has 7 heteroatoms. The summed E-state index contributed by atoms with van der Waals surface area (Å²) >= 11 is 0. The second-order valence-electron chi connectivity index (χ2n) is 6.92. The normalized spacial score (nSPS) is 16.3. The molecule has 28 heavy (non-hydrogen) atoms. The molecule has 0 spiro atoms. The van der Waals surface area contributed by atoms with Gasteiger partial charge in [0.25, 0.3) is 0 Å². The molecular formula is C21H21FN2O4. The van der Waals surface area contributed by atoms with E-state index in [1.807, 2.05) is 0 Å². The summed E-state index contributed by atoms with van der Waals surface area (Å²) in [5.74, 6) is -2.19. The molecule has 1 aliphatic rings. The first-order valence-electron chi connectivity index (χ1n) is 9.01. The fourth-order valence-corrected chi connectivity index (χ4v) is 3.23. The van der Waals surface area contributed by atoms with Crippen LogP contribution in [0.2, 0.25) is 0 Å². The molecule has 6 nitrogen and oxygen atoms in total. The lowest BCUT2D eigenvalue weighted by Gasteiger charge is -2.17. The molecular weight excluding hydrogens is 363 g/mol. The number of nitrogens with one attached hydrogen (secondary N) is 1. The minimum atomic E-state index is -0.880. The van der Waals surface area contributed by atoms with Gasteiger partial charge in [0.05, 0.1) is 5.92 Å². The lowest BCUT2D eigenvalue weighted by atomic mass is 10.1. The Hall–Kier alpha value is -3.22. The van der Waals surface area contributed by atoms with Crippen molar-refractivity contribution in [2.45, 2.75) is 26.2 Å². The van der Waals surface area contributed by atoms with Crippen molar-refractivity contribution in [2.75, 3.05) is 16.8 Å². The monoisotopic (exact) mass is 384 g/mol. The highest BCUT2D eigenvalue weighted by atomic mass is 19.1. The number of hydrogen-bond acceptors (Lipinski definition) is 3. The summed E-state index contributed by atoms with van der Waals surface area (Å²) in [7, 11) is 0. The number of nitrogens with zero attached hydrogens (tertiary/aromatic N) is 1. The largest absolute Gasteiger partial charge is 0.481 e. The topological polar surface area (TPSA) is 86.7 Å². The Labute approximate surface area is 162 Å². The van der Waals surface area contributed by atoms with Crippen molar-refractivity contribution in [1.82, 2.24) is 0 Å². The molecule has 1 fully saturated rings. The first-order chi connectivity index (χ1) is 13.3. The summed E-state index contributed by atoms with van der Waals surface area (Å²) in [6, 6.07) is 11.5. The van der Waals surface area contributed by atoms with Gasteiger partial charge in [0.2, 0.25) is 11.8 Å². The van der Waals surface area contributed by atoms with Gasteiger partial charge in [-0.25, -0.2) is 4.39 Å². The number of aliphatic carboxylic acids is 1. The summed E-state index contributed by atoms with van der Waals surface area (Å²) in [6.45, 7) is 1.86. The van der Waals surface area contributed by atoms with E-state index in [9.17, 15) is 18.8 Å². The number of amides is 2. The lowest BCUT2D eigenvalue weighted by molar-refractivity contribution is -0.137. The van der Waals surface area contributed by atoms with E-state index in [2.05, 4.69) is 5.32 Å². The molecule has 1 aliphatic heterocycles. The lowest BCUT2D eigenvalue weighted by Crippen LogP contribution is -2.28. The zero-order chi connectivity index (χ0) is 20.3. The molecule has 3 rings (SSSR count). The second-order valence-corrected chi connectivity index (χ2v) is 6.92. The highest BCUT2D eigenvalue weighted by Gasteiger charge is 2.35. The number of carboxylic acids is 1. The van der Waals surface area contributed by atoms with Crippen LogP contribution >= 0.6 is 0 Å². The highest BCUT2D eigenvalue weighted by Crippen LogP contribution is 2.27. The van der Waals surface area contributed by atoms with Gasteiger partial charge in [-0.2, -0.15) is 0 Å². The van der Waals surface area contributed by atoms with Gasteiger partial charge in [0.15, 0.2) is 0 Å². The maximum Gasteiger partial charge on any atom is 0.303 e. The van der Waals surface area contributed by atoms with Gasteiger partial charge in [0.1, 0.15) is 5.82 Å². The van der Waals surface area contributed by atoms with Crippen LogP contribution in [-0.2, 0) is 20.8 Å². The first kappa shape index (κ1) is 19.5. The van der Waals surface area contributed by atoms with E-state index < -0.39 is 11.9 Å². The summed E-state index contributed by atoms with van der Waals surface area (Å²) in [5, 5.41) is 11.6. The van der Waals surface area contributed by atoms with Crippen LogP contribution in [0, 0.1) is 18.7 Å². The summed E-state index contributed by atoms with van der Waals surface area (Å²) < 4.78 is 13.5. The standard InChI is InChI=1S/C21H21FN2O4/c1-13-9-17(6-7-18(13)22)24-12-15(11-19(24)25)21(28)23-16-4-2-3-14(10-16)5-8-20(26)27/h2-4,6-7,9-10,15H,5,8,11-12H2,1H3,(H,23,28)(H,26,27). The predicted molar refractivity (Wildman–Crippen MR) is 103 cm³/mol. The number of carbonyl (C=O) groups is 3. The number of anilines is 2. The van der Waals surface area contributed by atoms with Crippen LogP contribution in [0.4, 0.5) is 15.8 Å². The molecule has 1 heterocycles. The van der Waals surface area contributed by atoms with Gasteiger partial charge >= 0.3 is 5.97 Å². The number of rotatable bonds is 6. The van der Waals surface area contributed by atoms with Gasteiger partial charge in [-0.3, -0.25) is 14.4 Å². The molecule has 1 unspecified atom stereocenters. The van der Waals surface area contributed by atoms with Crippen LogP contribution in [0.25, 0.3) is 0 Å². The maximum atomic E-state index is 13.5. The van der Waals surface area contributed by atoms with Crippen molar-refractivity contribution >= 4 is 29.2 Å². The second kappa shape index (κ2) is 8.21. The van der Waals surface area contributed by atoms with Gasteiger partial charge in [-0.05, 0) is 54.8 Å². The van der Waals surface area contributed by atoms with Crippen LogP contribution in [-0.4, -0.2) is 29.4 Å². The number of benzene rings is 2. The Bertz CT molecular complexity index is 928. The van der Waals surface area contributed by atoms with E-state index in [1.165, 1.54) is 17.0 Å². The smallest absolute Gasteiger partial charge is 0.303 e. The number of carboxylic acid groups (broad SMARTS) is 1. The van der Waals surface area contributed by atoms with Gasteiger partial charge in [-0.15, -0.1) is 0 Å². The van der Waals surface area contributed by atoms with E-state index in [1.54, 1.807) is 37.3 Å². The Balaban J connectivity index is 1.65. The quantitative estimate of drug-likeness (QED) is 0.801. The van der Waals surface area contributed by atoms with Gasteiger partial charge < -0.3 is 15.3 Å². The van der Waals surface area contributed by atoms with E-state index in [-0.39, 0.29) is 37.0 Å². The molecule has 1 saturated heterocycles. The molecule has 2 aromatic rings. The van der Waals surface area contributed by atoms with Crippen molar-refractivity contribution < 1.29 is 23.9 Å². The third kappa shape index (κ3) is 4.54. The van der Waals surface area contributed by atoms with Crippen LogP contribution < -0.4 is 10.2 Å². The predicted octanol–water partition coefficient (Wildman–Crippen LogP) is 3.14. The van der Waals surface area contributed by atoms with Crippen molar-refractivity contribution in [1.29, 1.82) is 0 Å². The Morgan fingerprint density at radius 3 is 2.75 bits per heavy atom. The van der Waals surface area contributed by atoms with Crippen LogP contribution in [0.3, 0.4) is 0 Å². The third-order valence-electron chi connectivity index (χ3n) is 4.77. The molecule has 1 atom stereocenters. The highest BCUT2D eigenvalue weighted by molar-refractivity contribution is 6.03. The van der Waals surface area contributed by atoms with E-state index >= 15 is 0 Å². The van der Waals surface area contributed by atoms with Crippen molar-refractivity contribution in [3.8, 4) is 0 Å². The van der Waals surface area contributed by atoms with Gasteiger partial charge in [-0.1, -0.05) is 12.1 Å². The first-order valence-corrected chi connectivity index (χ1v) is 9.01.